The van der Waals surface area contributed by atoms with Gasteiger partial charge in [-0.15, -0.1) is 0 Å². The maximum Gasteiger partial charge on any atom is 0.306 e. The Hall–Kier alpha value is -3.61. The summed E-state index contributed by atoms with van der Waals surface area (Å²) < 4.78 is 0. The molecule has 3 aromatic heterocycles. The molecule has 0 amide bonds. The van der Waals surface area contributed by atoms with Gasteiger partial charge in [0.2, 0.25) is 12.2 Å². The lowest BCUT2D eigenvalue weighted by atomic mass is 10.0. The maximum atomic E-state index is 4.62. The number of H-pyrrole nitrogens is 3. The van der Waals surface area contributed by atoms with Gasteiger partial charge >= 0.3 is 5.82 Å². The molecule has 3 N–H and O–H groups in total. The number of aromatic nitrogens is 7. The Bertz CT molecular complexity index is 1270. The molecule has 2 aromatic carbocycles. The van der Waals surface area contributed by atoms with Crippen molar-refractivity contribution in [1.82, 2.24) is 29.9 Å². The number of nitrogens with zero attached hydrogens (tertiary/aromatic N) is 4. The van der Waals surface area contributed by atoms with Crippen molar-refractivity contribution in [3.63, 3.8) is 0 Å². The van der Waals surface area contributed by atoms with Gasteiger partial charge in [0.15, 0.2) is 0 Å². The van der Waals surface area contributed by atoms with Gasteiger partial charge in [-0.05, 0) is 42.3 Å². The fourth-order valence-electron chi connectivity index (χ4n) is 3.15. The molecule has 0 atom stereocenters. The third-order valence-electron chi connectivity index (χ3n) is 4.37. The summed E-state index contributed by atoms with van der Waals surface area (Å²) in [6.07, 6.45) is 1.62. The van der Waals surface area contributed by atoms with E-state index in [0.717, 1.165) is 39.0 Å². The smallest absolute Gasteiger partial charge is 0.306 e. The zero-order chi connectivity index (χ0) is 17.7. The molecule has 0 saturated heterocycles. The van der Waals surface area contributed by atoms with Gasteiger partial charge in [0.1, 0.15) is 5.82 Å². The van der Waals surface area contributed by atoms with Crippen molar-refractivity contribution in [2.24, 2.45) is 0 Å². The van der Waals surface area contributed by atoms with Crippen LogP contribution in [-0.2, 0) is 0 Å². The Labute approximate surface area is 148 Å². The molecule has 0 bridgehead atoms. The Balaban J connectivity index is 1.60. The second kappa shape index (κ2) is 5.45. The number of imidazole rings is 2. The number of nitrogens with one attached hydrogen (secondary N) is 3. The highest BCUT2D eigenvalue weighted by molar-refractivity contribution is 5.87. The lowest BCUT2D eigenvalue weighted by molar-refractivity contribution is -0.374. The van der Waals surface area contributed by atoms with Crippen molar-refractivity contribution in [3.05, 3.63) is 54.4 Å². The van der Waals surface area contributed by atoms with Crippen LogP contribution in [0.5, 0.6) is 0 Å². The van der Waals surface area contributed by atoms with Crippen LogP contribution in [-0.4, -0.2) is 29.9 Å². The van der Waals surface area contributed by atoms with Crippen LogP contribution in [0.15, 0.2) is 42.7 Å². The van der Waals surface area contributed by atoms with E-state index in [1.807, 2.05) is 26.0 Å². The topological polar surface area (TPSA) is 97.3 Å². The number of aromatic amines is 3. The minimum atomic E-state index is 0.671. The van der Waals surface area contributed by atoms with Gasteiger partial charge in [0, 0.05) is 6.92 Å². The number of aryl methyl sites for hydroxylation is 2. The largest absolute Gasteiger partial charge is 0.342 e. The third kappa shape index (κ3) is 2.41. The maximum absolute atomic E-state index is 4.62. The van der Waals surface area contributed by atoms with E-state index in [1.165, 1.54) is 0 Å². The normalized spacial score (nSPS) is 11.5. The lowest BCUT2D eigenvalue weighted by Gasteiger charge is -2.01. The highest BCUT2D eigenvalue weighted by atomic mass is 15.1. The summed E-state index contributed by atoms with van der Waals surface area (Å²) in [5, 5.41) is 0. The van der Waals surface area contributed by atoms with E-state index in [1.54, 1.807) is 6.33 Å². The molecule has 26 heavy (non-hydrogen) atoms. The number of fused-ring (bicyclic) bond motifs is 2. The van der Waals surface area contributed by atoms with E-state index in [9.17, 15) is 0 Å². The number of hydrogen-bond acceptors (Lipinski definition) is 4. The molecule has 0 spiro atoms. The molecule has 0 aliphatic heterocycles. The van der Waals surface area contributed by atoms with Crippen LogP contribution in [0.1, 0.15) is 11.6 Å². The molecule has 126 valence electrons. The molecule has 0 saturated carbocycles. The van der Waals surface area contributed by atoms with E-state index in [-0.39, 0.29) is 0 Å². The number of rotatable bonds is 2. The summed E-state index contributed by atoms with van der Waals surface area (Å²) in [4.78, 5) is 27.2. The van der Waals surface area contributed by atoms with E-state index < -0.39 is 0 Å². The first kappa shape index (κ1) is 14.7. The molecule has 0 unspecified atom stereocenters. The lowest BCUT2D eigenvalue weighted by Crippen LogP contribution is -2.12. The van der Waals surface area contributed by atoms with E-state index in [0.29, 0.717) is 17.5 Å². The van der Waals surface area contributed by atoms with Crippen molar-refractivity contribution in [3.8, 4) is 22.8 Å². The third-order valence-corrected chi connectivity index (χ3v) is 4.37. The predicted molar refractivity (Wildman–Crippen MR) is 98.2 cm³/mol. The molecule has 5 rings (SSSR count). The van der Waals surface area contributed by atoms with Crippen LogP contribution in [0.2, 0.25) is 0 Å². The summed E-state index contributed by atoms with van der Waals surface area (Å²) in [5.74, 6) is 2.98. The first-order chi connectivity index (χ1) is 12.7. The van der Waals surface area contributed by atoms with Crippen molar-refractivity contribution >= 4 is 22.1 Å². The summed E-state index contributed by atoms with van der Waals surface area (Å²) in [6.45, 7) is 3.81. The first-order valence-electron chi connectivity index (χ1n) is 8.34. The van der Waals surface area contributed by atoms with Crippen LogP contribution < -0.4 is 4.98 Å². The molecule has 0 radical (unpaired) electrons. The number of hydrogen-bond donors (Lipinski definition) is 2. The van der Waals surface area contributed by atoms with E-state index in [2.05, 4.69) is 59.2 Å². The van der Waals surface area contributed by atoms with Crippen molar-refractivity contribution < 1.29 is 4.98 Å². The van der Waals surface area contributed by atoms with Crippen LogP contribution >= 0.6 is 0 Å². The molecule has 0 aliphatic rings. The minimum absolute atomic E-state index is 0.671. The van der Waals surface area contributed by atoms with Gasteiger partial charge in [-0.25, -0.2) is 15.0 Å². The summed E-state index contributed by atoms with van der Waals surface area (Å²) in [6, 6.07) is 12.4. The van der Waals surface area contributed by atoms with E-state index >= 15 is 0 Å². The summed E-state index contributed by atoms with van der Waals surface area (Å²) >= 11 is 0. The van der Waals surface area contributed by atoms with Gasteiger partial charge in [-0.1, -0.05) is 22.1 Å². The SMILES string of the molecule is Cc1nc[nH+]c(-c2nc3ccc(-c4ccc5nc(C)[nH]c5c4)cc3[nH]2)n1. The Kier molecular flexibility index (Phi) is 3.08. The fourth-order valence-corrected chi connectivity index (χ4v) is 3.15. The molecule has 7 nitrogen and oxygen atoms in total. The average Bonchev–Trinajstić information content (AvgIpc) is 3.22. The van der Waals surface area contributed by atoms with Gasteiger partial charge in [-0.2, -0.15) is 0 Å². The molecule has 5 aromatic rings. The van der Waals surface area contributed by atoms with Gasteiger partial charge in [0.05, 0.1) is 22.1 Å². The Morgan fingerprint density at radius 1 is 0.808 bits per heavy atom. The molecule has 0 aliphatic carbocycles. The predicted octanol–water partition coefficient (Wildman–Crippen LogP) is 2.99. The standard InChI is InChI=1S/C19H15N7/c1-10-20-9-21-18(24-10)19-25-15-6-4-13(8-17(15)26-19)12-3-5-14-16(7-12)23-11(2)22-14/h3-9H,1-2H3,(H,22,23)(H,25,26)/p+1. The molecule has 3 heterocycles. The Morgan fingerprint density at radius 2 is 1.50 bits per heavy atom. The van der Waals surface area contributed by atoms with Crippen LogP contribution in [0.4, 0.5) is 0 Å². The molecule has 0 fully saturated rings. The second-order valence-corrected chi connectivity index (χ2v) is 6.28. The second-order valence-electron chi connectivity index (χ2n) is 6.28. The monoisotopic (exact) mass is 342 g/mol. The van der Waals surface area contributed by atoms with Crippen molar-refractivity contribution in [2.45, 2.75) is 13.8 Å². The fraction of sp³-hybridized carbons (Fsp3) is 0.105. The van der Waals surface area contributed by atoms with Crippen LogP contribution in [0, 0.1) is 13.8 Å². The van der Waals surface area contributed by atoms with Crippen LogP contribution in [0.25, 0.3) is 44.8 Å². The van der Waals surface area contributed by atoms with Gasteiger partial charge in [-0.3, -0.25) is 0 Å². The highest BCUT2D eigenvalue weighted by Gasteiger charge is 2.14. The Morgan fingerprint density at radius 3 is 2.23 bits per heavy atom. The van der Waals surface area contributed by atoms with Gasteiger partial charge in [0.25, 0.3) is 5.82 Å². The zero-order valence-corrected chi connectivity index (χ0v) is 14.3. The number of benzene rings is 2. The van der Waals surface area contributed by atoms with Crippen molar-refractivity contribution in [1.29, 1.82) is 0 Å². The quantitative estimate of drug-likeness (QED) is 0.515. The van der Waals surface area contributed by atoms with Gasteiger partial charge < -0.3 is 9.97 Å². The minimum Gasteiger partial charge on any atom is -0.342 e. The average molecular weight is 342 g/mol. The first-order valence-corrected chi connectivity index (χ1v) is 8.34. The highest BCUT2D eigenvalue weighted by Crippen LogP contribution is 2.27. The summed E-state index contributed by atoms with van der Waals surface area (Å²) in [7, 11) is 0. The van der Waals surface area contributed by atoms with Crippen LogP contribution in [0.3, 0.4) is 0 Å². The zero-order valence-electron chi connectivity index (χ0n) is 14.3. The van der Waals surface area contributed by atoms with Crippen molar-refractivity contribution in [2.75, 3.05) is 0 Å². The molecular formula is C19H16N7+. The molecular weight excluding hydrogens is 326 g/mol. The summed E-state index contributed by atoms with van der Waals surface area (Å²) in [5.41, 5.74) is 6.12. The van der Waals surface area contributed by atoms with E-state index in [4.69, 9.17) is 0 Å². The molecule has 7 heteroatoms.